The van der Waals surface area contributed by atoms with Gasteiger partial charge in [0.2, 0.25) is 5.91 Å². The molecular weight excluding hydrogens is 274 g/mol. The molecule has 0 bridgehead atoms. The van der Waals surface area contributed by atoms with E-state index in [0.29, 0.717) is 31.7 Å². The highest BCUT2D eigenvalue weighted by Gasteiger charge is 2.43. The summed E-state index contributed by atoms with van der Waals surface area (Å²) in [6.07, 6.45) is 2.85. The van der Waals surface area contributed by atoms with E-state index in [-0.39, 0.29) is 5.91 Å². The number of carbonyl (C=O) groups is 2. The molecule has 1 N–H and O–H groups in total. The van der Waals surface area contributed by atoms with Crippen LogP contribution in [0.4, 0.5) is 0 Å². The van der Waals surface area contributed by atoms with E-state index in [1.807, 2.05) is 36.6 Å². The van der Waals surface area contributed by atoms with Gasteiger partial charge in [-0.2, -0.15) is 11.8 Å². The van der Waals surface area contributed by atoms with Crippen LogP contribution in [0, 0.1) is 0 Å². The van der Waals surface area contributed by atoms with Crippen molar-refractivity contribution in [3.8, 4) is 0 Å². The normalized spacial score (nSPS) is 17.8. The van der Waals surface area contributed by atoms with Crippen molar-refractivity contribution in [1.29, 1.82) is 0 Å². The number of likely N-dealkylation sites (tertiary alicyclic amines) is 1. The molecule has 0 aromatic heterocycles. The van der Waals surface area contributed by atoms with Crippen LogP contribution in [0.15, 0.2) is 30.3 Å². The Morgan fingerprint density at radius 2 is 1.85 bits per heavy atom. The molecule has 2 rings (SSSR count). The van der Waals surface area contributed by atoms with E-state index in [9.17, 15) is 14.7 Å². The monoisotopic (exact) mass is 293 g/mol. The van der Waals surface area contributed by atoms with Gasteiger partial charge in [0.1, 0.15) is 0 Å². The number of benzene rings is 1. The van der Waals surface area contributed by atoms with E-state index in [4.69, 9.17) is 0 Å². The molecule has 0 aliphatic carbocycles. The summed E-state index contributed by atoms with van der Waals surface area (Å²) in [6, 6.07) is 9.35. The third-order valence-corrected chi connectivity index (χ3v) is 4.51. The summed E-state index contributed by atoms with van der Waals surface area (Å²) < 4.78 is 0. The summed E-state index contributed by atoms with van der Waals surface area (Å²) in [5.74, 6) is -0.226. The van der Waals surface area contributed by atoms with Crippen molar-refractivity contribution in [1.82, 2.24) is 4.90 Å². The minimum absolute atomic E-state index is 0.101. The van der Waals surface area contributed by atoms with Crippen molar-refractivity contribution in [2.45, 2.75) is 18.3 Å². The van der Waals surface area contributed by atoms with E-state index >= 15 is 0 Å². The highest BCUT2D eigenvalue weighted by atomic mass is 32.2. The smallest absolute Gasteiger partial charge is 0.314 e. The first-order valence-corrected chi connectivity index (χ1v) is 8.05. The molecule has 1 aliphatic rings. The third-order valence-electron chi connectivity index (χ3n) is 3.97. The van der Waals surface area contributed by atoms with Crippen molar-refractivity contribution < 1.29 is 14.7 Å². The Labute approximate surface area is 123 Å². The fourth-order valence-electron chi connectivity index (χ4n) is 2.74. The molecule has 0 unspecified atom stereocenters. The highest BCUT2D eigenvalue weighted by Crippen LogP contribution is 2.35. The molecule has 0 saturated carbocycles. The SMILES string of the molecule is CSCC(=O)N1CCC(C(=O)O)(c2ccccc2)CC1. The quantitative estimate of drug-likeness (QED) is 0.922. The lowest BCUT2D eigenvalue weighted by atomic mass is 9.73. The molecule has 1 aromatic carbocycles. The molecule has 1 fully saturated rings. The van der Waals surface area contributed by atoms with Gasteiger partial charge in [0.15, 0.2) is 0 Å². The van der Waals surface area contributed by atoms with E-state index in [0.717, 1.165) is 5.56 Å². The number of hydrogen-bond donors (Lipinski definition) is 1. The predicted molar refractivity (Wildman–Crippen MR) is 80.0 cm³/mol. The van der Waals surface area contributed by atoms with Gasteiger partial charge in [-0.3, -0.25) is 9.59 Å². The first kappa shape index (κ1) is 14.9. The van der Waals surface area contributed by atoms with Gasteiger partial charge in [-0.25, -0.2) is 0 Å². The Morgan fingerprint density at radius 1 is 1.25 bits per heavy atom. The lowest BCUT2D eigenvalue weighted by molar-refractivity contribution is -0.147. The van der Waals surface area contributed by atoms with Gasteiger partial charge in [-0.1, -0.05) is 30.3 Å². The largest absolute Gasteiger partial charge is 0.481 e. The highest BCUT2D eigenvalue weighted by molar-refractivity contribution is 7.99. The van der Waals surface area contributed by atoms with Crippen LogP contribution in [-0.4, -0.2) is 47.0 Å². The predicted octanol–water partition coefficient (Wildman–Crippen LogP) is 1.99. The molecule has 20 heavy (non-hydrogen) atoms. The zero-order valence-electron chi connectivity index (χ0n) is 11.5. The number of nitrogens with zero attached hydrogens (tertiary/aromatic N) is 1. The molecule has 1 amide bonds. The van der Waals surface area contributed by atoms with Crippen molar-refractivity contribution in [2.75, 3.05) is 25.1 Å². The fourth-order valence-corrected chi connectivity index (χ4v) is 3.17. The molecule has 1 saturated heterocycles. The number of piperidine rings is 1. The zero-order valence-corrected chi connectivity index (χ0v) is 12.4. The van der Waals surface area contributed by atoms with E-state index in [2.05, 4.69) is 0 Å². The van der Waals surface area contributed by atoms with Crippen LogP contribution < -0.4 is 0 Å². The Hall–Kier alpha value is -1.49. The Bertz CT molecular complexity index is 481. The van der Waals surface area contributed by atoms with Crippen molar-refractivity contribution in [3.05, 3.63) is 35.9 Å². The summed E-state index contributed by atoms with van der Waals surface area (Å²) in [5.41, 5.74) is -0.0123. The lowest BCUT2D eigenvalue weighted by Crippen LogP contribution is -2.49. The van der Waals surface area contributed by atoms with E-state index in [1.54, 1.807) is 4.90 Å². The molecule has 5 heteroatoms. The number of carboxylic acid groups (broad SMARTS) is 1. The van der Waals surface area contributed by atoms with Crippen molar-refractivity contribution >= 4 is 23.6 Å². The maximum absolute atomic E-state index is 11.9. The standard InChI is InChI=1S/C15H19NO3S/c1-20-11-13(17)16-9-7-15(8-10-16,14(18)19)12-5-3-2-4-6-12/h2-6H,7-11H2,1H3,(H,18,19). The number of hydrogen-bond acceptors (Lipinski definition) is 3. The van der Waals surface area contributed by atoms with Gasteiger partial charge < -0.3 is 10.0 Å². The summed E-state index contributed by atoms with van der Waals surface area (Å²) in [5, 5.41) is 9.66. The summed E-state index contributed by atoms with van der Waals surface area (Å²) in [7, 11) is 0. The summed E-state index contributed by atoms with van der Waals surface area (Å²) >= 11 is 1.50. The van der Waals surface area contributed by atoms with Crippen LogP contribution in [0.1, 0.15) is 18.4 Å². The number of amides is 1. The molecule has 0 spiro atoms. The van der Waals surface area contributed by atoms with Crippen LogP contribution in [0.3, 0.4) is 0 Å². The fraction of sp³-hybridized carbons (Fsp3) is 0.467. The van der Waals surface area contributed by atoms with Gasteiger partial charge in [-0.15, -0.1) is 0 Å². The van der Waals surface area contributed by atoms with Crippen LogP contribution in [-0.2, 0) is 15.0 Å². The second kappa shape index (κ2) is 6.31. The minimum atomic E-state index is -0.850. The average molecular weight is 293 g/mol. The molecule has 108 valence electrons. The molecule has 0 atom stereocenters. The molecule has 1 aromatic rings. The number of carboxylic acids is 1. The molecule has 4 nitrogen and oxygen atoms in total. The van der Waals surface area contributed by atoms with E-state index < -0.39 is 11.4 Å². The third kappa shape index (κ3) is 2.82. The minimum Gasteiger partial charge on any atom is -0.481 e. The number of carbonyl (C=O) groups excluding carboxylic acids is 1. The van der Waals surface area contributed by atoms with Crippen molar-refractivity contribution in [3.63, 3.8) is 0 Å². The maximum Gasteiger partial charge on any atom is 0.314 e. The summed E-state index contributed by atoms with van der Waals surface area (Å²) in [6.45, 7) is 1.03. The first-order chi connectivity index (χ1) is 9.60. The zero-order chi connectivity index (χ0) is 14.6. The first-order valence-electron chi connectivity index (χ1n) is 6.66. The van der Waals surface area contributed by atoms with Gasteiger partial charge in [0.05, 0.1) is 11.2 Å². The topological polar surface area (TPSA) is 57.6 Å². The van der Waals surface area contributed by atoms with Crippen LogP contribution in [0.25, 0.3) is 0 Å². The Morgan fingerprint density at radius 3 is 2.35 bits per heavy atom. The number of thioether (sulfide) groups is 1. The molecule has 0 radical (unpaired) electrons. The van der Waals surface area contributed by atoms with Crippen molar-refractivity contribution in [2.24, 2.45) is 0 Å². The lowest BCUT2D eigenvalue weighted by Gasteiger charge is -2.39. The number of aliphatic carboxylic acids is 1. The molecule has 1 heterocycles. The Kier molecular flexibility index (Phi) is 4.70. The average Bonchev–Trinajstić information content (AvgIpc) is 2.48. The maximum atomic E-state index is 11.9. The van der Waals surface area contributed by atoms with Crippen LogP contribution in [0.2, 0.25) is 0 Å². The summed E-state index contributed by atoms with van der Waals surface area (Å²) in [4.78, 5) is 25.4. The van der Waals surface area contributed by atoms with Gasteiger partial charge in [0.25, 0.3) is 0 Å². The molecule has 1 aliphatic heterocycles. The van der Waals surface area contributed by atoms with Crippen LogP contribution >= 0.6 is 11.8 Å². The second-order valence-electron chi connectivity index (χ2n) is 5.07. The van der Waals surface area contributed by atoms with Crippen LogP contribution in [0.5, 0.6) is 0 Å². The van der Waals surface area contributed by atoms with Gasteiger partial charge in [0, 0.05) is 13.1 Å². The van der Waals surface area contributed by atoms with E-state index in [1.165, 1.54) is 11.8 Å². The number of rotatable bonds is 4. The molecular formula is C15H19NO3S. The van der Waals surface area contributed by atoms with Gasteiger partial charge >= 0.3 is 5.97 Å². The second-order valence-corrected chi connectivity index (χ2v) is 5.93. The van der Waals surface area contributed by atoms with Gasteiger partial charge in [-0.05, 0) is 24.7 Å². The Balaban J connectivity index is 2.15.